The predicted molar refractivity (Wildman–Crippen MR) is 105 cm³/mol. The lowest BCUT2D eigenvalue weighted by Crippen LogP contribution is -2.34. The quantitative estimate of drug-likeness (QED) is 0.611. The molecule has 0 spiro atoms. The molecule has 2 aromatic carbocycles. The van der Waals surface area contributed by atoms with E-state index in [1.165, 1.54) is 24.3 Å². The minimum absolute atomic E-state index is 0.0624. The number of hydrogen-bond acceptors (Lipinski definition) is 5. The van der Waals surface area contributed by atoms with Crippen molar-refractivity contribution in [3.63, 3.8) is 0 Å². The van der Waals surface area contributed by atoms with Gasteiger partial charge in [-0.15, -0.1) is 0 Å². The summed E-state index contributed by atoms with van der Waals surface area (Å²) < 4.78 is 26.4. The average Bonchev–Trinajstić information content (AvgIpc) is 2.54. The lowest BCUT2D eigenvalue weighted by molar-refractivity contribution is -0.117. The topological polar surface area (TPSA) is 104 Å². The van der Waals surface area contributed by atoms with Crippen LogP contribution in [0.15, 0.2) is 57.9 Å². The van der Waals surface area contributed by atoms with E-state index in [2.05, 4.69) is 26.6 Å². The minimum atomic E-state index is -3.90. The molecule has 0 saturated heterocycles. The van der Waals surface area contributed by atoms with Gasteiger partial charge in [-0.3, -0.25) is 14.9 Å². The molecule has 0 bridgehead atoms. The second-order valence-electron chi connectivity index (χ2n) is 5.10. The van der Waals surface area contributed by atoms with Crippen LogP contribution in [0.3, 0.4) is 0 Å². The molecule has 136 valence electrons. The number of rotatable bonds is 4. The summed E-state index contributed by atoms with van der Waals surface area (Å²) in [6.07, 6.45) is 0. The van der Waals surface area contributed by atoms with Gasteiger partial charge < -0.3 is 5.32 Å². The van der Waals surface area contributed by atoms with Gasteiger partial charge in [0.1, 0.15) is 0 Å². The first-order valence-electron chi connectivity index (χ1n) is 7.19. The van der Waals surface area contributed by atoms with Gasteiger partial charge in [-0.1, -0.05) is 22.0 Å². The Morgan fingerprint density at radius 1 is 1.08 bits per heavy atom. The molecular formula is C16H14BrN3O4S2. The zero-order valence-electron chi connectivity index (χ0n) is 13.4. The van der Waals surface area contributed by atoms with Crippen molar-refractivity contribution >= 4 is 60.8 Å². The van der Waals surface area contributed by atoms with Crippen LogP contribution in [-0.2, 0) is 14.8 Å². The third-order valence-corrected chi connectivity index (χ3v) is 5.16. The molecule has 7 nitrogen and oxygen atoms in total. The van der Waals surface area contributed by atoms with E-state index >= 15 is 0 Å². The summed E-state index contributed by atoms with van der Waals surface area (Å²) in [5, 5.41) is 5.37. The van der Waals surface area contributed by atoms with Crippen LogP contribution >= 0.6 is 28.1 Å². The Hall–Kier alpha value is -2.30. The van der Waals surface area contributed by atoms with Crippen molar-refractivity contribution in [2.45, 2.75) is 11.8 Å². The molecule has 2 amide bonds. The van der Waals surface area contributed by atoms with Crippen molar-refractivity contribution < 1.29 is 18.0 Å². The van der Waals surface area contributed by atoms with Gasteiger partial charge in [-0.2, -0.15) is 0 Å². The highest BCUT2D eigenvalue weighted by atomic mass is 79.9. The molecule has 0 atom stereocenters. The van der Waals surface area contributed by atoms with Crippen LogP contribution in [0.25, 0.3) is 0 Å². The lowest BCUT2D eigenvalue weighted by atomic mass is 10.2. The molecule has 0 aliphatic carbocycles. The molecule has 0 fully saturated rings. The van der Waals surface area contributed by atoms with Gasteiger partial charge in [0.05, 0.1) is 4.90 Å². The van der Waals surface area contributed by atoms with Gasteiger partial charge >= 0.3 is 0 Å². The Balaban J connectivity index is 2.01. The number of carbonyl (C=O) groups excluding carboxylic acids is 2. The van der Waals surface area contributed by atoms with E-state index in [4.69, 9.17) is 12.2 Å². The maximum absolute atomic E-state index is 12.1. The van der Waals surface area contributed by atoms with Crippen molar-refractivity contribution in [1.82, 2.24) is 10.0 Å². The molecule has 0 aromatic heterocycles. The third kappa shape index (κ3) is 5.61. The molecular weight excluding hydrogens is 442 g/mol. The van der Waals surface area contributed by atoms with E-state index in [1.54, 1.807) is 24.3 Å². The number of nitrogens with one attached hydrogen (secondary N) is 3. The summed E-state index contributed by atoms with van der Waals surface area (Å²) in [6.45, 7) is 1.11. The van der Waals surface area contributed by atoms with Crippen LogP contribution in [0.2, 0.25) is 0 Å². The second-order valence-corrected chi connectivity index (χ2v) is 8.11. The molecule has 0 aliphatic heterocycles. The van der Waals surface area contributed by atoms with Crippen molar-refractivity contribution in [2.75, 3.05) is 5.32 Å². The van der Waals surface area contributed by atoms with Crippen molar-refractivity contribution in [3.8, 4) is 0 Å². The molecule has 10 heteroatoms. The van der Waals surface area contributed by atoms with Crippen molar-refractivity contribution in [2.24, 2.45) is 0 Å². The molecule has 0 saturated carbocycles. The van der Waals surface area contributed by atoms with E-state index in [-0.39, 0.29) is 15.9 Å². The summed E-state index contributed by atoms with van der Waals surface area (Å²) in [4.78, 5) is 23.0. The number of amides is 2. The fourth-order valence-corrected chi connectivity index (χ4v) is 3.53. The smallest absolute Gasteiger partial charge is 0.264 e. The summed E-state index contributed by atoms with van der Waals surface area (Å²) in [6, 6.07) is 12.4. The van der Waals surface area contributed by atoms with Gasteiger partial charge in [0, 0.05) is 22.6 Å². The highest BCUT2D eigenvalue weighted by Gasteiger charge is 2.15. The molecule has 2 aromatic rings. The summed E-state index contributed by atoms with van der Waals surface area (Å²) in [7, 11) is -3.90. The molecule has 2 rings (SSSR count). The van der Waals surface area contributed by atoms with E-state index in [1.807, 2.05) is 4.72 Å². The second kappa shape index (κ2) is 8.39. The largest absolute Gasteiger partial charge is 0.332 e. The normalized spacial score (nSPS) is 10.7. The van der Waals surface area contributed by atoms with E-state index < -0.39 is 15.9 Å². The number of benzene rings is 2. The van der Waals surface area contributed by atoms with Crippen LogP contribution in [0.5, 0.6) is 0 Å². The minimum Gasteiger partial charge on any atom is -0.332 e. The summed E-state index contributed by atoms with van der Waals surface area (Å²) >= 11 is 8.36. The fourth-order valence-electron chi connectivity index (χ4n) is 1.93. The number of hydrogen-bond donors (Lipinski definition) is 3. The Labute approximate surface area is 164 Å². The molecule has 0 heterocycles. The third-order valence-electron chi connectivity index (χ3n) is 3.01. The monoisotopic (exact) mass is 455 g/mol. The van der Waals surface area contributed by atoms with E-state index in [0.29, 0.717) is 11.3 Å². The first kappa shape index (κ1) is 20.0. The SMILES string of the molecule is CC(=O)NS(=O)(=O)c1ccc(NC(=S)NC(=O)c2cccc(Br)c2)cc1. The van der Waals surface area contributed by atoms with Crippen LogP contribution < -0.4 is 15.4 Å². The fraction of sp³-hybridized carbons (Fsp3) is 0.0625. The molecule has 26 heavy (non-hydrogen) atoms. The zero-order valence-corrected chi connectivity index (χ0v) is 16.7. The van der Waals surface area contributed by atoms with Gasteiger partial charge in [-0.05, 0) is 54.7 Å². The number of anilines is 1. The number of thiocarbonyl (C=S) groups is 1. The standard InChI is InChI=1S/C16H14BrN3O4S2/c1-10(21)20-26(23,24)14-7-5-13(6-8-14)18-16(25)19-15(22)11-3-2-4-12(17)9-11/h2-9H,1H3,(H,20,21)(H2,18,19,22,25). The Morgan fingerprint density at radius 2 is 1.73 bits per heavy atom. The average molecular weight is 456 g/mol. The van der Waals surface area contributed by atoms with Crippen LogP contribution in [0.1, 0.15) is 17.3 Å². The van der Waals surface area contributed by atoms with Gasteiger partial charge in [0.15, 0.2) is 5.11 Å². The lowest BCUT2D eigenvalue weighted by Gasteiger charge is -2.10. The van der Waals surface area contributed by atoms with Crippen LogP contribution in [0.4, 0.5) is 5.69 Å². The molecule has 0 aliphatic rings. The van der Waals surface area contributed by atoms with Crippen LogP contribution in [-0.4, -0.2) is 25.3 Å². The number of sulfonamides is 1. The highest BCUT2D eigenvalue weighted by Crippen LogP contribution is 2.14. The molecule has 0 unspecified atom stereocenters. The van der Waals surface area contributed by atoms with Crippen molar-refractivity contribution in [1.29, 1.82) is 0 Å². The van der Waals surface area contributed by atoms with E-state index in [9.17, 15) is 18.0 Å². The summed E-state index contributed by atoms with van der Waals surface area (Å²) in [5.74, 6) is -1.06. The zero-order chi connectivity index (χ0) is 19.3. The predicted octanol–water partition coefficient (Wildman–Crippen LogP) is 2.40. The molecule has 0 radical (unpaired) electrons. The van der Waals surface area contributed by atoms with Gasteiger partial charge in [-0.25, -0.2) is 13.1 Å². The summed E-state index contributed by atoms with van der Waals surface area (Å²) in [5.41, 5.74) is 0.909. The Kier molecular flexibility index (Phi) is 6.46. The molecule has 3 N–H and O–H groups in total. The maximum Gasteiger partial charge on any atom is 0.264 e. The highest BCUT2D eigenvalue weighted by molar-refractivity contribution is 9.10. The Morgan fingerprint density at radius 3 is 2.31 bits per heavy atom. The van der Waals surface area contributed by atoms with Gasteiger partial charge in [0.25, 0.3) is 15.9 Å². The number of carbonyl (C=O) groups is 2. The first-order chi connectivity index (χ1) is 12.2. The Bertz CT molecular complexity index is 960. The number of halogens is 1. The van der Waals surface area contributed by atoms with E-state index in [0.717, 1.165) is 11.4 Å². The maximum atomic E-state index is 12.1. The van der Waals surface area contributed by atoms with Crippen LogP contribution in [0, 0.1) is 0 Å². The first-order valence-corrected chi connectivity index (χ1v) is 9.87. The van der Waals surface area contributed by atoms with Gasteiger partial charge in [0.2, 0.25) is 5.91 Å². The van der Waals surface area contributed by atoms with Crippen molar-refractivity contribution in [3.05, 3.63) is 58.6 Å².